The number of hydrogen-bond donors (Lipinski definition) is 4. The molecule has 0 heterocycles. The van der Waals surface area contributed by atoms with E-state index in [1.165, 1.54) is 18.2 Å². The molecule has 0 saturated carbocycles. The average molecular weight is 303 g/mol. The van der Waals surface area contributed by atoms with Crippen molar-refractivity contribution in [3.8, 4) is 0 Å². The van der Waals surface area contributed by atoms with Crippen molar-refractivity contribution in [2.45, 2.75) is 25.9 Å². The molecule has 0 spiro atoms. The maximum atomic E-state index is 13.4. The summed E-state index contributed by atoms with van der Waals surface area (Å²) in [6, 6.07) is 2.83. The van der Waals surface area contributed by atoms with E-state index in [9.17, 15) is 14.0 Å². The summed E-state index contributed by atoms with van der Waals surface area (Å²) in [6.07, 6.45) is 0.444. The van der Waals surface area contributed by atoms with Gasteiger partial charge < -0.3 is 11.1 Å². The SMILES string of the molecule is CC[C@@H](N)C(=O)NNC(=O)NCc1c(F)cccc1Cl. The topological polar surface area (TPSA) is 96.2 Å². The molecule has 1 rings (SSSR count). The number of benzene rings is 1. The zero-order valence-corrected chi connectivity index (χ0v) is 11.6. The molecule has 0 bridgehead atoms. The summed E-state index contributed by atoms with van der Waals surface area (Å²) in [5.41, 5.74) is 9.88. The fourth-order valence-corrected chi connectivity index (χ4v) is 1.54. The Kier molecular flexibility index (Phi) is 6.20. The quantitative estimate of drug-likeness (QED) is 0.626. The lowest BCUT2D eigenvalue weighted by Gasteiger charge is -2.12. The molecule has 0 radical (unpaired) electrons. The summed E-state index contributed by atoms with van der Waals surface area (Å²) < 4.78 is 13.4. The molecule has 1 atom stereocenters. The molecule has 0 unspecified atom stereocenters. The minimum absolute atomic E-state index is 0.104. The van der Waals surface area contributed by atoms with Crippen LogP contribution in [0.15, 0.2) is 18.2 Å². The molecule has 20 heavy (non-hydrogen) atoms. The Morgan fingerprint density at radius 2 is 2.10 bits per heavy atom. The molecule has 0 aliphatic rings. The van der Waals surface area contributed by atoms with E-state index < -0.39 is 23.8 Å². The normalized spacial score (nSPS) is 11.6. The lowest BCUT2D eigenvalue weighted by atomic mass is 10.2. The fourth-order valence-electron chi connectivity index (χ4n) is 1.31. The van der Waals surface area contributed by atoms with E-state index in [-0.39, 0.29) is 17.1 Å². The second kappa shape index (κ2) is 7.66. The number of carbonyl (C=O) groups is 2. The Morgan fingerprint density at radius 3 is 2.70 bits per heavy atom. The number of carbonyl (C=O) groups excluding carboxylic acids is 2. The lowest BCUT2D eigenvalue weighted by Crippen LogP contribution is -2.51. The van der Waals surface area contributed by atoms with Crippen molar-refractivity contribution < 1.29 is 14.0 Å². The van der Waals surface area contributed by atoms with Crippen molar-refractivity contribution in [3.05, 3.63) is 34.6 Å². The number of hydrazine groups is 1. The van der Waals surface area contributed by atoms with Crippen molar-refractivity contribution in [3.63, 3.8) is 0 Å². The van der Waals surface area contributed by atoms with Crippen molar-refractivity contribution in [1.29, 1.82) is 0 Å². The molecular formula is C12H16ClFN4O2. The Morgan fingerprint density at radius 1 is 1.40 bits per heavy atom. The Balaban J connectivity index is 2.42. The van der Waals surface area contributed by atoms with Crippen LogP contribution in [0.2, 0.25) is 5.02 Å². The predicted octanol–water partition coefficient (Wildman–Crippen LogP) is 1.05. The van der Waals surface area contributed by atoms with Crippen LogP contribution in [0, 0.1) is 5.82 Å². The summed E-state index contributed by atoms with van der Waals surface area (Å²) in [5, 5.41) is 2.57. The van der Waals surface area contributed by atoms with Crippen LogP contribution in [0.5, 0.6) is 0 Å². The van der Waals surface area contributed by atoms with Crippen molar-refractivity contribution in [2.75, 3.05) is 0 Å². The minimum Gasteiger partial charge on any atom is -0.332 e. The van der Waals surface area contributed by atoms with Gasteiger partial charge in [-0.05, 0) is 18.6 Å². The Labute approximate surface area is 120 Å². The van der Waals surface area contributed by atoms with Gasteiger partial charge in [0.15, 0.2) is 0 Å². The number of rotatable bonds is 4. The highest BCUT2D eigenvalue weighted by Gasteiger charge is 2.12. The van der Waals surface area contributed by atoms with Gasteiger partial charge in [-0.25, -0.2) is 14.6 Å². The molecule has 1 aromatic rings. The van der Waals surface area contributed by atoms with Gasteiger partial charge in [0, 0.05) is 17.1 Å². The first kappa shape index (κ1) is 16.2. The van der Waals surface area contributed by atoms with E-state index in [1.807, 2.05) is 0 Å². The summed E-state index contributed by atoms with van der Waals surface area (Å²) in [6.45, 7) is 1.64. The molecule has 0 saturated heterocycles. The molecule has 8 heteroatoms. The zero-order valence-electron chi connectivity index (χ0n) is 10.9. The number of halogens is 2. The number of urea groups is 1. The third kappa shape index (κ3) is 4.67. The number of nitrogens with two attached hydrogens (primary N) is 1. The van der Waals surface area contributed by atoms with Crippen molar-refractivity contribution in [2.24, 2.45) is 5.73 Å². The van der Waals surface area contributed by atoms with Crippen LogP contribution >= 0.6 is 11.6 Å². The molecule has 110 valence electrons. The third-order valence-electron chi connectivity index (χ3n) is 2.56. The molecule has 5 N–H and O–H groups in total. The van der Waals surface area contributed by atoms with Gasteiger partial charge in [-0.3, -0.25) is 10.2 Å². The standard InChI is InChI=1S/C12H16ClFN4O2/c1-2-10(15)11(19)17-18-12(20)16-6-7-8(13)4-3-5-9(7)14/h3-5,10H,2,6,15H2,1H3,(H,17,19)(H2,16,18,20)/t10-/m1/s1. The first-order valence-corrected chi connectivity index (χ1v) is 6.35. The van der Waals surface area contributed by atoms with Gasteiger partial charge in [-0.1, -0.05) is 24.6 Å². The summed E-state index contributed by atoms with van der Waals surface area (Å²) in [4.78, 5) is 22.7. The molecule has 1 aromatic carbocycles. The minimum atomic E-state index is -0.698. The van der Waals surface area contributed by atoms with Gasteiger partial charge in [-0.15, -0.1) is 0 Å². The fraction of sp³-hybridized carbons (Fsp3) is 0.333. The van der Waals surface area contributed by atoms with E-state index in [0.717, 1.165) is 0 Å². The molecule has 6 nitrogen and oxygen atoms in total. The highest BCUT2D eigenvalue weighted by atomic mass is 35.5. The van der Waals surface area contributed by atoms with Crippen LogP contribution in [-0.4, -0.2) is 18.0 Å². The van der Waals surface area contributed by atoms with Crippen LogP contribution in [0.1, 0.15) is 18.9 Å². The van der Waals surface area contributed by atoms with Gasteiger partial charge >= 0.3 is 6.03 Å². The number of hydrogen-bond acceptors (Lipinski definition) is 3. The van der Waals surface area contributed by atoms with E-state index in [2.05, 4.69) is 16.2 Å². The summed E-state index contributed by atoms with van der Waals surface area (Å²) in [5.74, 6) is -1.03. The number of nitrogens with one attached hydrogen (secondary N) is 3. The monoisotopic (exact) mass is 302 g/mol. The van der Waals surface area contributed by atoms with Crippen LogP contribution < -0.4 is 21.9 Å². The first-order chi connectivity index (χ1) is 9.45. The third-order valence-corrected chi connectivity index (χ3v) is 2.92. The molecular weight excluding hydrogens is 287 g/mol. The van der Waals surface area contributed by atoms with E-state index >= 15 is 0 Å². The Bertz CT molecular complexity index is 478. The van der Waals surface area contributed by atoms with Crippen molar-refractivity contribution in [1.82, 2.24) is 16.2 Å². The Hall–Kier alpha value is -1.86. The second-order valence-electron chi connectivity index (χ2n) is 4.01. The van der Waals surface area contributed by atoms with Crippen LogP contribution in [0.3, 0.4) is 0 Å². The predicted molar refractivity (Wildman–Crippen MR) is 73.2 cm³/mol. The second-order valence-corrected chi connectivity index (χ2v) is 4.42. The van der Waals surface area contributed by atoms with Crippen LogP contribution in [0.4, 0.5) is 9.18 Å². The van der Waals surface area contributed by atoms with E-state index in [4.69, 9.17) is 17.3 Å². The smallest absolute Gasteiger partial charge is 0.332 e. The van der Waals surface area contributed by atoms with Crippen LogP contribution in [-0.2, 0) is 11.3 Å². The van der Waals surface area contributed by atoms with E-state index in [1.54, 1.807) is 6.92 Å². The van der Waals surface area contributed by atoms with Crippen molar-refractivity contribution >= 4 is 23.5 Å². The lowest BCUT2D eigenvalue weighted by molar-refractivity contribution is -0.123. The van der Waals surface area contributed by atoms with E-state index in [0.29, 0.717) is 6.42 Å². The molecule has 0 aromatic heterocycles. The summed E-state index contributed by atoms with van der Waals surface area (Å²) >= 11 is 5.80. The van der Waals surface area contributed by atoms with Crippen LogP contribution in [0.25, 0.3) is 0 Å². The molecule has 0 aliphatic heterocycles. The van der Waals surface area contributed by atoms with Gasteiger partial charge in [0.2, 0.25) is 0 Å². The molecule has 0 aliphatic carbocycles. The van der Waals surface area contributed by atoms with Gasteiger partial charge in [-0.2, -0.15) is 0 Å². The average Bonchev–Trinajstić information content (AvgIpc) is 2.43. The zero-order chi connectivity index (χ0) is 15.1. The maximum Gasteiger partial charge on any atom is 0.333 e. The van der Waals surface area contributed by atoms with Gasteiger partial charge in [0.1, 0.15) is 5.82 Å². The maximum absolute atomic E-state index is 13.4. The first-order valence-electron chi connectivity index (χ1n) is 5.97. The van der Waals surface area contributed by atoms with Gasteiger partial charge in [0.25, 0.3) is 5.91 Å². The molecule has 3 amide bonds. The van der Waals surface area contributed by atoms with Gasteiger partial charge in [0.05, 0.1) is 6.04 Å². The highest BCUT2D eigenvalue weighted by molar-refractivity contribution is 6.31. The highest BCUT2D eigenvalue weighted by Crippen LogP contribution is 2.18. The number of amides is 3. The largest absolute Gasteiger partial charge is 0.333 e. The summed E-state index contributed by atoms with van der Waals surface area (Å²) in [7, 11) is 0. The molecule has 0 fully saturated rings.